The molecule has 1 aliphatic carbocycles. The second-order valence-electron chi connectivity index (χ2n) is 6.32. The standard InChI is InChI=1S/C17H19F3N2O2/c18-13-6-5-12(14(19)15(13)20)17(24)22-8-2-7-21(9-10-22)16(23)11-3-1-4-11/h5-6,11H,1-4,7-10H2. The minimum Gasteiger partial charge on any atom is -0.341 e. The van der Waals surface area contributed by atoms with Crippen molar-refractivity contribution < 1.29 is 22.8 Å². The van der Waals surface area contributed by atoms with Crippen LogP contribution in [0.2, 0.25) is 0 Å². The molecule has 2 aliphatic rings. The van der Waals surface area contributed by atoms with Crippen LogP contribution in [0.3, 0.4) is 0 Å². The lowest BCUT2D eigenvalue weighted by Gasteiger charge is -2.31. The van der Waals surface area contributed by atoms with Crippen molar-refractivity contribution in [3.63, 3.8) is 0 Å². The van der Waals surface area contributed by atoms with Crippen molar-refractivity contribution in [2.75, 3.05) is 26.2 Å². The van der Waals surface area contributed by atoms with Crippen LogP contribution in [0, 0.1) is 23.4 Å². The molecule has 1 heterocycles. The molecule has 0 N–H and O–H groups in total. The lowest BCUT2D eigenvalue weighted by atomic mass is 9.84. The third kappa shape index (κ3) is 3.12. The third-order valence-corrected chi connectivity index (χ3v) is 4.81. The fraction of sp³-hybridized carbons (Fsp3) is 0.529. The van der Waals surface area contributed by atoms with Gasteiger partial charge < -0.3 is 9.80 Å². The second kappa shape index (κ2) is 6.83. The van der Waals surface area contributed by atoms with Gasteiger partial charge in [0.1, 0.15) is 0 Å². The molecule has 1 aliphatic heterocycles. The first-order valence-electron chi connectivity index (χ1n) is 8.20. The number of nitrogens with zero attached hydrogens (tertiary/aromatic N) is 2. The normalized spacial score (nSPS) is 19.0. The zero-order valence-corrected chi connectivity index (χ0v) is 13.2. The molecular weight excluding hydrogens is 321 g/mol. The van der Waals surface area contributed by atoms with E-state index < -0.39 is 28.9 Å². The van der Waals surface area contributed by atoms with Gasteiger partial charge in [0, 0.05) is 32.1 Å². The smallest absolute Gasteiger partial charge is 0.257 e. The molecule has 1 saturated heterocycles. The first kappa shape index (κ1) is 16.8. The highest BCUT2D eigenvalue weighted by molar-refractivity contribution is 5.94. The summed E-state index contributed by atoms with van der Waals surface area (Å²) in [7, 11) is 0. The van der Waals surface area contributed by atoms with Crippen molar-refractivity contribution in [3.8, 4) is 0 Å². The first-order valence-corrected chi connectivity index (χ1v) is 8.20. The maximum absolute atomic E-state index is 13.8. The SMILES string of the molecule is O=C(c1ccc(F)c(F)c1F)N1CCCN(C(=O)C2CCC2)CC1. The van der Waals surface area contributed by atoms with E-state index in [1.807, 2.05) is 0 Å². The molecule has 1 saturated carbocycles. The van der Waals surface area contributed by atoms with Gasteiger partial charge in [-0.05, 0) is 31.4 Å². The molecule has 130 valence electrons. The Morgan fingerprint density at radius 2 is 1.54 bits per heavy atom. The quantitative estimate of drug-likeness (QED) is 0.777. The summed E-state index contributed by atoms with van der Waals surface area (Å²) >= 11 is 0. The van der Waals surface area contributed by atoms with Crippen LogP contribution in [0.15, 0.2) is 12.1 Å². The maximum atomic E-state index is 13.8. The van der Waals surface area contributed by atoms with E-state index in [1.165, 1.54) is 4.90 Å². The van der Waals surface area contributed by atoms with E-state index in [0.717, 1.165) is 31.4 Å². The summed E-state index contributed by atoms with van der Waals surface area (Å²) in [5, 5.41) is 0. The van der Waals surface area contributed by atoms with Crippen LogP contribution in [0.1, 0.15) is 36.0 Å². The van der Waals surface area contributed by atoms with Gasteiger partial charge in [-0.3, -0.25) is 9.59 Å². The van der Waals surface area contributed by atoms with E-state index in [9.17, 15) is 22.8 Å². The van der Waals surface area contributed by atoms with Crippen LogP contribution in [-0.2, 0) is 4.79 Å². The summed E-state index contributed by atoms with van der Waals surface area (Å²) in [5.41, 5.74) is -0.479. The highest BCUT2D eigenvalue weighted by Gasteiger charge is 2.31. The zero-order valence-electron chi connectivity index (χ0n) is 13.2. The molecule has 0 unspecified atom stereocenters. The Bertz CT molecular complexity index is 661. The largest absolute Gasteiger partial charge is 0.341 e. The van der Waals surface area contributed by atoms with E-state index in [4.69, 9.17) is 0 Å². The molecule has 2 fully saturated rings. The van der Waals surface area contributed by atoms with Gasteiger partial charge >= 0.3 is 0 Å². The van der Waals surface area contributed by atoms with Gasteiger partial charge in [-0.15, -0.1) is 0 Å². The number of rotatable bonds is 2. The maximum Gasteiger partial charge on any atom is 0.257 e. The highest BCUT2D eigenvalue weighted by Crippen LogP contribution is 2.28. The second-order valence-corrected chi connectivity index (χ2v) is 6.32. The number of carbonyl (C=O) groups excluding carboxylic acids is 2. The molecule has 0 atom stereocenters. The number of hydrogen-bond acceptors (Lipinski definition) is 2. The lowest BCUT2D eigenvalue weighted by molar-refractivity contribution is -0.138. The fourth-order valence-corrected chi connectivity index (χ4v) is 3.12. The average molecular weight is 340 g/mol. The summed E-state index contributed by atoms with van der Waals surface area (Å²) in [6.07, 6.45) is 3.48. The molecule has 0 aromatic heterocycles. The monoisotopic (exact) mass is 340 g/mol. The van der Waals surface area contributed by atoms with Crippen LogP contribution in [0.25, 0.3) is 0 Å². The molecule has 2 amide bonds. The Hall–Kier alpha value is -2.05. The van der Waals surface area contributed by atoms with Crippen molar-refractivity contribution in [1.29, 1.82) is 0 Å². The molecule has 3 rings (SSSR count). The first-order chi connectivity index (χ1) is 11.5. The molecule has 1 aromatic carbocycles. The Kier molecular flexibility index (Phi) is 4.78. The van der Waals surface area contributed by atoms with Crippen LogP contribution in [-0.4, -0.2) is 47.8 Å². The third-order valence-electron chi connectivity index (χ3n) is 4.81. The topological polar surface area (TPSA) is 40.6 Å². The minimum atomic E-state index is -1.64. The van der Waals surface area contributed by atoms with E-state index in [2.05, 4.69) is 0 Å². The minimum absolute atomic E-state index is 0.0934. The number of benzene rings is 1. The molecule has 7 heteroatoms. The van der Waals surface area contributed by atoms with E-state index in [1.54, 1.807) is 4.90 Å². The Morgan fingerprint density at radius 3 is 2.21 bits per heavy atom. The van der Waals surface area contributed by atoms with Crippen LogP contribution in [0.5, 0.6) is 0 Å². The number of hydrogen-bond donors (Lipinski definition) is 0. The van der Waals surface area contributed by atoms with Crippen LogP contribution in [0.4, 0.5) is 13.2 Å². The molecule has 1 aromatic rings. The Morgan fingerprint density at radius 1 is 0.875 bits per heavy atom. The van der Waals surface area contributed by atoms with Crippen molar-refractivity contribution in [2.24, 2.45) is 5.92 Å². The molecular formula is C17H19F3N2O2. The van der Waals surface area contributed by atoms with Gasteiger partial charge in [0.15, 0.2) is 17.5 Å². The van der Waals surface area contributed by atoms with Crippen LogP contribution >= 0.6 is 0 Å². The van der Waals surface area contributed by atoms with Gasteiger partial charge in [-0.1, -0.05) is 6.42 Å². The van der Waals surface area contributed by atoms with Gasteiger partial charge in [0.05, 0.1) is 5.56 Å². The lowest BCUT2D eigenvalue weighted by Crippen LogP contribution is -2.41. The molecule has 4 nitrogen and oxygen atoms in total. The van der Waals surface area contributed by atoms with Crippen molar-refractivity contribution in [3.05, 3.63) is 35.1 Å². The predicted octanol–water partition coefficient (Wildman–Crippen LogP) is 2.58. The van der Waals surface area contributed by atoms with Gasteiger partial charge in [-0.2, -0.15) is 0 Å². The Balaban J connectivity index is 1.68. The zero-order chi connectivity index (χ0) is 17.3. The van der Waals surface area contributed by atoms with Crippen molar-refractivity contribution >= 4 is 11.8 Å². The summed E-state index contributed by atoms with van der Waals surface area (Å²) in [6, 6.07) is 1.70. The summed E-state index contributed by atoms with van der Waals surface area (Å²) in [6.45, 7) is 1.55. The average Bonchev–Trinajstić information content (AvgIpc) is 2.76. The van der Waals surface area contributed by atoms with E-state index in [-0.39, 0.29) is 18.4 Å². The predicted molar refractivity (Wildman–Crippen MR) is 80.8 cm³/mol. The van der Waals surface area contributed by atoms with Gasteiger partial charge in [-0.25, -0.2) is 13.2 Å². The molecule has 24 heavy (non-hydrogen) atoms. The number of carbonyl (C=O) groups is 2. The van der Waals surface area contributed by atoms with E-state index in [0.29, 0.717) is 26.1 Å². The summed E-state index contributed by atoms with van der Waals surface area (Å²) < 4.78 is 40.1. The van der Waals surface area contributed by atoms with Crippen molar-refractivity contribution in [2.45, 2.75) is 25.7 Å². The fourth-order valence-electron chi connectivity index (χ4n) is 3.12. The van der Waals surface area contributed by atoms with Crippen molar-refractivity contribution in [1.82, 2.24) is 9.80 Å². The molecule has 0 bridgehead atoms. The van der Waals surface area contributed by atoms with Crippen LogP contribution < -0.4 is 0 Å². The number of amides is 2. The highest BCUT2D eigenvalue weighted by atomic mass is 19.2. The molecule has 0 spiro atoms. The summed E-state index contributed by atoms with van der Waals surface area (Å²) in [5.74, 6) is -4.89. The molecule has 0 radical (unpaired) electrons. The Labute approximate surface area is 138 Å². The van der Waals surface area contributed by atoms with Gasteiger partial charge in [0.25, 0.3) is 5.91 Å². The summed E-state index contributed by atoms with van der Waals surface area (Å²) in [4.78, 5) is 27.8. The van der Waals surface area contributed by atoms with E-state index >= 15 is 0 Å². The number of halogens is 3. The van der Waals surface area contributed by atoms with Gasteiger partial charge in [0.2, 0.25) is 5.91 Å².